The average Bonchev–Trinajstić information content (AvgIpc) is 3.38. The van der Waals surface area contributed by atoms with Crippen LogP contribution in [0.4, 0.5) is 5.69 Å². The number of thioether (sulfide) groups is 1. The molecule has 1 N–H and O–H groups in total. The number of hydrogen-bond acceptors (Lipinski definition) is 7. The number of furan rings is 1. The Morgan fingerprint density at radius 2 is 2.19 bits per heavy atom. The number of nitrogens with zero attached hydrogens (tertiary/aromatic N) is 2. The summed E-state index contributed by atoms with van der Waals surface area (Å²) in [6.07, 6.45) is 1.56. The van der Waals surface area contributed by atoms with E-state index in [4.69, 9.17) is 20.8 Å². The van der Waals surface area contributed by atoms with Gasteiger partial charge in [-0.05, 0) is 43.3 Å². The SMILES string of the molecule is COc1ccc(Cl)cc1NC(=O)CSc1nc2sc(C)cc2c(=O)n1Cc1ccco1. The fourth-order valence-electron chi connectivity index (χ4n) is 3.02. The molecule has 0 unspecified atom stereocenters. The molecule has 0 saturated heterocycles. The van der Waals surface area contributed by atoms with Gasteiger partial charge in [-0.3, -0.25) is 14.2 Å². The Balaban J connectivity index is 1.59. The van der Waals surface area contributed by atoms with E-state index in [1.165, 1.54) is 34.8 Å². The summed E-state index contributed by atoms with van der Waals surface area (Å²) in [4.78, 5) is 32.0. The van der Waals surface area contributed by atoms with E-state index in [-0.39, 0.29) is 23.8 Å². The first-order valence-corrected chi connectivity index (χ1v) is 11.4. The number of aryl methyl sites for hydroxylation is 1. The van der Waals surface area contributed by atoms with Crippen molar-refractivity contribution in [3.8, 4) is 5.75 Å². The summed E-state index contributed by atoms with van der Waals surface area (Å²) in [5, 5.41) is 4.29. The second kappa shape index (κ2) is 9.17. The molecule has 0 aliphatic heterocycles. The molecule has 0 spiro atoms. The molecule has 0 radical (unpaired) electrons. The highest BCUT2D eigenvalue weighted by Gasteiger charge is 2.17. The standard InChI is InChI=1S/C21H18ClN3O4S2/c1-12-8-15-19(31-12)24-21(25(20(15)27)10-14-4-3-7-29-14)30-11-18(26)23-16-9-13(22)5-6-17(16)28-2/h3-9H,10-11H2,1-2H3,(H,23,26). The minimum Gasteiger partial charge on any atom is -0.495 e. The number of halogens is 1. The normalized spacial score (nSPS) is 11.1. The number of nitrogens with one attached hydrogen (secondary N) is 1. The van der Waals surface area contributed by atoms with Gasteiger partial charge in [-0.25, -0.2) is 4.98 Å². The zero-order valence-electron chi connectivity index (χ0n) is 16.7. The Bertz CT molecular complexity index is 1300. The molecule has 0 atom stereocenters. The molecule has 160 valence electrons. The molecule has 4 rings (SSSR count). The predicted molar refractivity (Wildman–Crippen MR) is 124 cm³/mol. The molecule has 31 heavy (non-hydrogen) atoms. The molecule has 1 amide bonds. The second-order valence-electron chi connectivity index (χ2n) is 6.62. The van der Waals surface area contributed by atoms with Crippen LogP contribution in [0.1, 0.15) is 10.6 Å². The van der Waals surface area contributed by atoms with Crippen molar-refractivity contribution in [2.45, 2.75) is 18.6 Å². The van der Waals surface area contributed by atoms with Gasteiger partial charge >= 0.3 is 0 Å². The predicted octanol–water partition coefficient (Wildman–Crippen LogP) is 4.80. The topological polar surface area (TPSA) is 86.4 Å². The van der Waals surface area contributed by atoms with E-state index in [0.717, 1.165) is 4.88 Å². The van der Waals surface area contributed by atoms with Gasteiger partial charge in [0, 0.05) is 9.90 Å². The first-order chi connectivity index (χ1) is 14.9. The number of hydrogen-bond donors (Lipinski definition) is 1. The van der Waals surface area contributed by atoms with Crippen LogP contribution in [-0.2, 0) is 11.3 Å². The number of methoxy groups -OCH3 is 1. The summed E-state index contributed by atoms with van der Waals surface area (Å²) >= 11 is 8.66. The van der Waals surface area contributed by atoms with Crippen molar-refractivity contribution in [3.05, 3.63) is 68.7 Å². The third-order valence-electron chi connectivity index (χ3n) is 4.40. The summed E-state index contributed by atoms with van der Waals surface area (Å²) < 4.78 is 12.2. The number of ether oxygens (including phenoxy) is 1. The number of aromatic nitrogens is 2. The van der Waals surface area contributed by atoms with Crippen molar-refractivity contribution in [2.75, 3.05) is 18.2 Å². The van der Waals surface area contributed by atoms with E-state index in [0.29, 0.717) is 37.6 Å². The average molecular weight is 476 g/mol. The number of carbonyl (C=O) groups is 1. The van der Waals surface area contributed by atoms with Crippen LogP contribution in [0.2, 0.25) is 5.02 Å². The van der Waals surface area contributed by atoms with E-state index in [1.807, 2.05) is 13.0 Å². The first kappa shape index (κ1) is 21.5. The Morgan fingerprint density at radius 3 is 2.94 bits per heavy atom. The van der Waals surface area contributed by atoms with E-state index in [9.17, 15) is 9.59 Å². The molecule has 0 bridgehead atoms. The zero-order valence-corrected chi connectivity index (χ0v) is 19.1. The van der Waals surface area contributed by atoms with Crippen LogP contribution in [0.3, 0.4) is 0 Å². The fourth-order valence-corrected chi connectivity index (χ4v) is 4.91. The third kappa shape index (κ3) is 4.79. The first-order valence-electron chi connectivity index (χ1n) is 9.24. The van der Waals surface area contributed by atoms with Gasteiger partial charge in [-0.2, -0.15) is 0 Å². The van der Waals surface area contributed by atoms with Gasteiger partial charge in [-0.15, -0.1) is 11.3 Å². The Labute approximate surface area is 191 Å². The molecule has 3 heterocycles. The fraction of sp³-hybridized carbons (Fsp3) is 0.190. The third-order valence-corrected chi connectivity index (χ3v) is 6.56. The second-order valence-corrected chi connectivity index (χ2v) is 9.24. The Hall–Kier alpha value is -2.75. The van der Waals surface area contributed by atoms with Gasteiger partial charge in [0.25, 0.3) is 5.56 Å². The summed E-state index contributed by atoms with van der Waals surface area (Å²) in [6, 6.07) is 10.4. The number of carbonyl (C=O) groups excluding carboxylic acids is 1. The van der Waals surface area contributed by atoms with Gasteiger partial charge in [0.1, 0.15) is 16.3 Å². The molecular weight excluding hydrogens is 458 g/mol. The summed E-state index contributed by atoms with van der Waals surface area (Å²) in [7, 11) is 1.52. The molecule has 0 fully saturated rings. The van der Waals surface area contributed by atoms with Crippen molar-refractivity contribution in [1.82, 2.24) is 9.55 Å². The van der Waals surface area contributed by atoms with Crippen LogP contribution in [0, 0.1) is 6.92 Å². The number of rotatable bonds is 7. The Kier molecular flexibility index (Phi) is 6.35. The van der Waals surface area contributed by atoms with Crippen LogP contribution in [0.5, 0.6) is 5.75 Å². The highest BCUT2D eigenvalue weighted by Crippen LogP contribution is 2.29. The van der Waals surface area contributed by atoms with Crippen molar-refractivity contribution in [1.29, 1.82) is 0 Å². The monoisotopic (exact) mass is 475 g/mol. The van der Waals surface area contributed by atoms with Crippen molar-refractivity contribution in [3.63, 3.8) is 0 Å². The van der Waals surface area contributed by atoms with E-state index in [1.54, 1.807) is 36.6 Å². The van der Waals surface area contributed by atoms with Crippen molar-refractivity contribution < 1.29 is 13.9 Å². The molecular formula is C21H18ClN3O4S2. The smallest absolute Gasteiger partial charge is 0.263 e. The highest BCUT2D eigenvalue weighted by molar-refractivity contribution is 7.99. The van der Waals surface area contributed by atoms with Gasteiger partial charge in [0.15, 0.2) is 5.16 Å². The molecule has 7 nitrogen and oxygen atoms in total. The van der Waals surface area contributed by atoms with E-state index >= 15 is 0 Å². The van der Waals surface area contributed by atoms with Crippen LogP contribution >= 0.6 is 34.7 Å². The van der Waals surface area contributed by atoms with Crippen molar-refractivity contribution in [2.24, 2.45) is 0 Å². The van der Waals surface area contributed by atoms with Gasteiger partial charge < -0.3 is 14.5 Å². The number of benzene rings is 1. The van der Waals surface area contributed by atoms with Crippen LogP contribution in [0.15, 0.2) is 57.0 Å². The molecule has 0 saturated carbocycles. The maximum absolute atomic E-state index is 13.1. The largest absolute Gasteiger partial charge is 0.495 e. The number of thiophene rings is 1. The lowest BCUT2D eigenvalue weighted by molar-refractivity contribution is -0.113. The molecule has 0 aliphatic rings. The van der Waals surface area contributed by atoms with Crippen LogP contribution < -0.4 is 15.6 Å². The molecule has 0 aliphatic carbocycles. The number of anilines is 1. The molecule has 10 heteroatoms. The highest BCUT2D eigenvalue weighted by atomic mass is 35.5. The Morgan fingerprint density at radius 1 is 1.35 bits per heavy atom. The maximum Gasteiger partial charge on any atom is 0.263 e. The number of amides is 1. The number of fused-ring (bicyclic) bond motifs is 1. The van der Waals surface area contributed by atoms with Crippen LogP contribution in [-0.4, -0.2) is 28.3 Å². The van der Waals surface area contributed by atoms with Gasteiger partial charge in [0.05, 0.1) is 36.7 Å². The lowest BCUT2D eigenvalue weighted by Crippen LogP contribution is -2.24. The molecule has 4 aromatic rings. The summed E-state index contributed by atoms with van der Waals surface area (Å²) in [5.41, 5.74) is 0.316. The van der Waals surface area contributed by atoms with Gasteiger partial charge in [-0.1, -0.05) is 23.4 Å². The van der Waals surface area contributed by atoms with Crippen LogP contribution in [0.25, 0.3) is 10.2 Å². The molecule has 1 aromatic carbocycles. The zero-order chi connectivity index (χ0) is 22.0. The quantitative estimate of drug-likeness (QED) is 0.305. The lowest BCUT2D eigenvalue weighted by Gasteiger charge is -2.12. The summed E-state index contributed by atoms with van der Waals surface area (Å²) in [5.74, 6) is 0.916. The lowest BCUT2D eigenvalue weighted by atomic mass is 10.3. The summed E-state index contributed by atoms with van der Waals surface area (Å²) in [6.45, 7) is 2.16. The molecule has 3 aromatic heterocycles. The maximum atomic E-state index is 13.1. The minimum atomic E-state index is -0.271. The minimum absolute atomic E-state index is 0.0517. The van der Waals surface area contributed by atoms with Gasteiger partial charge in [0.2, 0.25) is 5.91 Å². The van der Waals surface area contributed by atoms with E-state index < -0.39 is 0 Å². The van der Waals surface area contributed by atoms with Crippen molar-refractivity contribution >= 4 is 56.5 Å². The van der Waals surface area contributed by atoms with E-state index in [2.05, 4.69) is 10.3 Å².